The second kappa shape index (κ2) is 6.72. The molecule has 1 aliphatic rings. The van der Waals surface area contributed by atoms with Crippen molar-refractivity contribution in [1.82, 2.24) is 5.32 Å². The van der Waals surface area contributed by atoms with Crippen LogP contribution in [0.25, 0.3) is 0 Å². The van der Waals surface area contributed by atoms with Crippen molar-refractivity contribution in [2.75, 3.05) is 13.7 Å². The van der Waals surface area contributed by atoms with Gasteiger partial charge in [0, 0.05) is 12.6 Å². The molecule has 1 aromatic rings. The van der Waals surface area contributed by atoms with Crippen LogP contribution in [0.2, 0.25) is 0 Å². The van der Waals surface area contributed by atoms with Gasteiger partial charge in [-0.25, -0.2) is 4.79 Å². The van der Waals surface area contributed by atoms with E-state index in [-0.39, 0.29) is 12.1 Å². The maximum atomic E-state index is 10.8. The van der Waals surface area contributed by atoms with E-state index in [4.69, 9.17) is 14.6 Å². The van der Waals surface area contributed by atoms with Gasteiger partial charge in [0.05, 0.1) is 13.2 Å². The number of carboxylic acids is 1. The van der Waals surface area contributed by atoms with E-state index in [1.54, 1.807) is 7.11 Å². The summed E-state index contributed by atoms with van der Waals surface area (Å²) in [6.45, 7) is 2.72. The largest absolute Gasteiger partial charge is 0.497 e. The van der Waals surface area contributed by atoms with Crippen LogP contribution < -0.4 is 10.1 Å². The maximum absolute atomic E-state index is 10.8. The van der Waals surface area contributed by atoms with E-state index >= 15 is 0 Å². The molecule has 2 rings (SSSR count). The number of ether oxygens (including phenoxy) is 2. The molecule has 0 aliphatic carbocycles. The van der Waals surface area contributed by atoms with Crippen LogP contribution in [0, 0.1) is 0 Å². The molecular formula is C15H21NO4. The fraction of sp³-hybridized carbons (Fsp3) is 0.533. The number of aliphatic carboxylic acids is 1. The molecular weight excluding hydrogens is 258 g/mol. The van der Waals surface area contributed by atoms with Crippen LogP contribution in [-0.2, 0) is 9.53 Å². The average molecular weight is 279 g/mol. The van der Waals surface area contributed by atoms with E-state index in [1.807, 2.05) is 24.3 Å². The number of rotatable bonds is 6. The van der Waals surface area contributed by atoms with Crippen LogP contribution in [-0.4, -0.2) is 36.9 Å². The van der Waals surface area contributed by atoms with Gasteiger partial charge in [-0.3, -0.25) is 0 Å². The highest BCUT2D eigenvalue weighted by atomic mass is 16.5. The first kappa shape index (κ1) is 14.8. The molecule has 110 valence electrons. The molecule has 1 heterocycles. The fourth-order valence-electron chi connectivity index (χ4n) is 2.37. The van der Waals surface area contributed by atoms with E-state index in [9.17, 15) is 4.79 Å². The second-order valence-corrected chi connectivity index (χ2v) is 5.07. The Morgan fingerprint density at radius 2 is 2.35 bits per heavy atom. The molecule has 2 unspecified atom stereocenters. The first-order valence-electron chi connectivity index (χ1n) is 6.85. The number of carbonyl (C=O) groups is 1. The van der Waals surface area contributed by atoms with Crippen molar-refractivity contribution < 1.29 is 19.4 Å². The molecule has 1 fully saturated rings. The number of methoxy groups -OCH3 is 1. The minimum absolute atomic E-state index is 0.0239. The zero-order valence-corrected chi connectivity index (χ0v) is 11.8. The molecule has 1 saturated heterocycles. The monoisotopic (exact) mass is 279 g/mol. The lowest BCUT2D eigenvalue weighted by Gasteiger charge is -2.18. The van der Waals surface area contributed by atoms with E-state index in [0.29, 0.717) is 13.0 Å². The zero-order valence-electron chi connectivity index (χ0n) is 11.8. The Morgan fingerprint density at radius 1 is 1.55 bits per heavy atom. The van der Waals surface area contributed by atoms with Gasteiger partial charge in [-0.1, -0.05) is 12.1 Å². The SMILES string of the molecule is COc1cccc([C@H](C)NCC2CCC(C(=O)O)O2)c1. The van der Waals surface area contributed by atoms with E-state index in [1.165, 1.54) is 0 Å². The molecule has 1 aliphatic heterocycles. The third kappa shape index (κ3) is 3.71. The molecule has 1 aromatic carbocycles. The molecule has 3 atom stereocenters. The van der Waals surface area contributed by atoms with Crippen molar-refractivity contribution in [3.8, 4) is 5.75 Å². The number of hydrogen-bond acceptors (Lipinski definition) is 4. The van der Waals surface area contributed by atoms with Crippen molar-refractivity contribution >= 4 is 5.97 Å². The first-order chi connectivity index (χ1) is 9.60. The summed E-state index contributed by atoms with van der Waals surface area (Å²) in [5, 5.41) is 12.3. The first-order valence-corrected chi connectivity index (χ1v) is 6.85. The lowest BCUT2D eigenvalue weighted by Crippen LogP contribution is -2.30. The summed E-state index contributed by atoms with van der Waals surface area (Å²) >= 11 is 0. The van der Waals surface area contributed by atoms with Gasteiger partial charge in [-0.2, -0.15) is 0 Å². The molecule has 5 nitrogen and oxygen atoms in total. The van der Waals surface area contributed by atoms with Crippen molar-refractivity contribution in [3.05, 3.63) is 29.8 Å². The van der Waals surface area contributed by atoms with Crippen LogP contribution in [0.4, 0.5) is 0 Å². The third-order valence-electron chi connectivity index (χ3n) is 3.63. The van der Waals surface area contributed by atoms with Crippen molar-refractivity contribution in [2.45, 2.75) is 38.0 Å². The number of benzene rings is 1. The summed E-state index contributed by atoms with van der Waals surface area (Å²) in [5.74, 6) is -0.0347. The predicted octanol–water partition coefficient (Wildman–Crippen LogP) is 1.98. The van der Waals surface area contributed by atoms with Gasteiger partial charge in [0.25, 0.3) is 0 Å². The Balaban J connectivity index is 1.83. The summed E-state index contributed by atoms with van der Waals surface area (Å²) in [4.78, 5) is 10.8. The highest BCUT2D eigenvalue weighted by molar-refractivity contribution is 5.72. The van der Waals surface area contributed by atoms with Crippen LogP contribution in [0.3, 0.4) is 0 Å². The minimum Gasteiger partial charge on any atom is -0.497 e. The molecule has 0 radical (unpaired) electrons. The molecule has 5 heteroatoms. The van der Waals surface area contributed by atoms with Crippen molar-refractivity contribution in [2.24, 2.45) is 0 Å². The normalized spacial score (nSPS) is 23.5. The molecule has 0 spiro atoms. The fourth-order valence-corrected chi connectivity index (χ4v) is 2.37. The number of hydrogen-bond donors (Lipinski definition) is 2. The maximum Gasteiger partial charge on any atom is 0.332 e. The zero-order chi connectivity index (χ0) is 14.5. The van der Waals surface area contributed by atoms with Crippen LogP contribution in [0.5, 0.6) is 5.75 Å². The van der Waals surface area contributed by atoms with Crippen LogP contribution >= 0.6 is 0 Å². The Kier molecular flexibility index (Phi) is 4.98. The summed E-state index contributed by atoms with van der Waals surface area (Å²) in [5.41, 5.74) is 1.14. The summed E-state index contributed by atoms with van der Waals surface area (Å²) in [7, 11) is 1.65. The van der Waals surface area contributed by atoms with Gasteiger partial charge in [-0.15, -0.1) is 0 Å². The van der Waals surface area contributed by atoms with Crippen LogP contribution in [0.1, 0.15) is 31.4 Å². The number of nitrogens with one attached hydrogen (secondary N) is 1. The summed E-state index contributed by atoms with van der Waals surface area (Å²) in [6, 6.07) is 8.06. The van der Waals surface area contributed by atoms with E-state index in [0.717, 1.165) is 17.7 Å². The highest BCUT2D eigenvalue weighted by Crippen LogP contribution is 2.22. The lowest BCUT2D eigenvalue weighted by atomic mass is 10.1. The van der Waals surface area contributed by atoms with Gasteiger partial charge in [0.1, 0.15) is 5.75 Å². The van der Waals surface area contributed by atoms with Gasteiger partial charge in [0.2, 0.25) is 0 Å². The summed E-state index contributed by atoms with van der Waals surface area (Å²) in [6.07, 6.45) is 0.711. The Morgan fingerprint density at radius 3 is 3.00 bits per heavy atom. The molecule has 2 N–H and O–H groups in total. The van der Waals surface area contributed by atoms with Gasteiger partial charge < -0.3 is 19.9 Å². The Hall–Kier alpha value is -1.59. The number of carboxylic acid groups (broad SMARTS) is 1. The quantitative estimate of drug-likeness (QED) is 0.833. The average Bonchev–Trinajstić information content (AvgIpc) is 2.94. The minimum atomic E-state index is -0.867. The smallest absolute Gasteiger partial charge is 0.332 e. The Labute approximate surface area is 118 Å². The standard InChI is InChI=1S/C15H21NO4/c1-10(11-4-3-5-12(8-11)19-2)16-9-13-6-7-14(20-13)15(17)18/h3-5,8,10,13-14,16H,6-7,9H2,1-2H3,(H,17,18)/t10-,13?,14?/m0/s1. The van der Waals surface area contributed by atoms with Crippen LogP contribution in [0.15, 0.2) is 24.3 Å². The molecule has 0 amide bonds. The summed E-state index contributed by atoms with van der Waals surface area (Å²) < 4.78 is 10.7. The molecule has 0 aromatic heterocycles. The van der Waals surface area contributed by atoms with Gasteiger partial charge >= 0.3 is 5.97 Å². The van der Waals surface area contributed by atoms with E-state index in [2.05, 4.69) is 12.2 Å². The van der Waals surface area contributed by atoms with Crippen molar-refractivity contribution in [1.29, 1.82) is 0 Å². The van der Waals surface area contributed by atoms with E-state index < -0.39 is 12.1 Å². The highest BCUT2D eigenvalue weighted by Gasteiger charge is 2.30. The molecule has 0 saturated carbocycles. The lowest BCUT2D eigenvalue weighted by molar-refractivity contribution is -0.149. The molecule has 0 bridgehead atoms. The predicted molar refractivity (Wildman–Crippen MR) is 74.9 cm³/mol. The molecule has 20 heavy (non-hydrogen) atoms. The Bertz CT molecular complexity index is 463. The van der Waals surface area contributed by atoms with Gasteiger partial charge in [-0.05, 0) is 37.5 Å². The second-order valence-electron chi connectivity index (χ2n) is 5.07. The van der Waals surface area contributed by atoms with Gasteiger partial charge in [0.15, 0.2) is 6.10 Å². The topological polar surface area (TPSA) is 67.8 Å². The third-order valence-corrected chi connectivity index (χ3v) is 3.63. The van der Waals surface area contributed by atoms with Crippen molar-refractivity contribution in [3.63, 3.8) is 0 Å².